The minimum absolute atomic E-state index is 0.0591. The van der Waals surface area contributed by atoms with Gasteiger partial charge in [0, 0.05) is 10.9 Å². The van der Waals surface area contributed by atoms with Gasteiger partial charge in [0.2, 0.25) is 11.8 Å². The molecule has 0 radical (unpaired) electrons. The van der Waals surface area contributed by atoms with E-state index in [2.05, 4.69) is 10.6 Å². The maximum absolute atomic E-state index is 13.2. The number of hydrogen-bond donors (Lipinski definition) is 2. The van der Waals surface area contributed by atoms with Gasteiger partial charge >= 0.3 is 0 Å². The van der Waals surface area contributed by atoms with Crippen LogP contribution in [0.5, 0.6) is 0 Å². The smallest absolute Gasteiger partial charge is 0.234 e. The van der Waals surface area contributed by atoms with E-state index >= 15 is 0 Å². The van der Waals surface area contributed by atoms with Gasteiger partial charge in [0.1, 0.15) is 5.82 Å². The molecule has 0 spiro atoms. The van der Waals surface area contributed by atoms with Crippen LogP contribution in [0.3, 0.4) is 0 Å². The molecule has 0 bridgehead atoms. The van der Waals surface area contributed by atoms with Crippen molar-refractivity contribution in [3.05, 3.63) is 58.0 Å². The minimum Gasteiger partial charge on any atom is -0.352 e. The van der Waals surface area contributed by atoms with Crippen molar-refractivity contribution in [3.8, 4) is 0 Å². The molecular weight excluding hydrogens is 353 g/mol. The quantitative estimate of drug-likeness (QED) is 0.744. The van der Waals surface area contributed by atoms with Crippen molar-refractivity contribution in [2.24, 2.45) is 0 Å². The van der Waals surface area contributed by atoms with Crippen LogP contribution in [0.4, 0.5) is 4.39 Å². The van der Waals surface area contributed by atoms with E-state index in [1.165, 1.54) is 23.5 Å². The van der Waals surface area contributed by atoms with Crippen molar-refractivity contribution in [1.29, 1.82) is 0 Å². The zero-order valence-corrected chi connectivity index (χ0v) is 15.4. The summed E-state index contributed by atoms with van der Waals surface area (Å²) in [6.07, 6.45) is 2.08. The Morgan fingerprint density at radius 3 is 2.50 bits per heavy atom. The molecule has 1 aliphatic carbocycles. The van der Waals surface area contributed by atoms with Crippen molar-refractivity contribution < 1.29 is 14.0 Å². The molecule has 2 N–H and O–H groups in total. The van der Waals surface area contributed by atoms with Crippen LogP contribution in [-0.2, 0) is 9.59 Å². The standard InChI is InChI=1S/C19H22FN3O2S/c1-23(11-17(24)21-15-8-9-15)12-18(25)22-19(16-3-2-10-26-16)13-4-6-14(20)7-5-13/h2-7,10,15,19H,8-9,11-12H2,1H3,(H,21,24)(H,22,25). The zero-order chi connectivity index (χ0) is 18.5. The Labute approximate surface area is 156 Å². The number of carbonyl (C=O) groups is 2. The fourth-order valence-electron chi connectivity index (χ4n) is 2.68. The largest absolute Gasteiger partial charge is 0.352 e. The molecule has 26 heavy (non-hydrogen) atoms. The van der Waals surface area contributed by atoms with Crippen molar-refractivity contribution >= 4 is 23.2 Å². The number of thiophene rings is 1. The van der Waals surface area contributed by atoms with Gasteiger partial charge in [0.25, 0.3) is 0 Å². The number of carbonyl (C=O) groups excluding carboxylic acids is 2. The number of amides is 2. The number of halogens is 1. The van der Waals surface area contributed by atoms with E-state index in [-0.39, 0.29) is 36.8 Å². The molecule has 1 fully saturated rings. The highest BCUT2D eigenvalue weighted by atomic mass is 32.1. The molecule has 1 aromatic heterocycles. The van der Waals surface area contributed by atoms with Crippen LogP contribution in [0.25, 0.3) is 0 Å². The second-order valence-electron chi connectivity index (χ2n) is 6.58. The predicted molar refractivity (Wildman–Crippen MR) is 99.4 cm³/mol. The maximum atomic E-state index is 13.2. The highest BCUT2D eigenvalue weighted by molar-refractivity contribution is 7.10. The lowest BCUT2D eigenvalue weighted by molar-refractivity contribution is -0.124. The average molecular weight is 375 g/mol. The van der Waals surface area contributed by atoms with Gasteiger partial charge in [-0.05, 0) is 49.0 Å². The van der Waals surface area contributed by atoms with Gasteiger partial charge in [-0.1, -0.05) is 18.2 Å². The third kappa shape index (κ3) is 5.37. The normalized spacial score (nSPS) is 14.9. The van der Waals surface area contributed by atoms with E-state index in [9.17, 15) is 14.0 Å². The minimum atomic E-state index is -0.336. The summed E-state index contributed by atoms with van der Waals surface area (Å²) >= 11 is 1.53. The molecule has 1 heterocycles. The molecule has 5 nitrogen and oxygen atoms in total. The van der Waals surface area contributed by atoms with Crippen molar-refractivity contribution in [1.82, 2.24) is 15.5 Å². The summed E-state index contributed by atoms with van der Waals surface area (Å²) in [5.41, 5.74) is 0.816. The van der Waals surface area contributed by atoms with Gasteiger partial charge < -0.3 is 10.6 Å². The van der Waals surface area contributed by atoms with Crippen LogP contribution in [0.1, 0.15) is 29.3 Å². The fourth-order valence-corrected chi connectivity index (χ4v) is 3.49. The molecule has 1 atom stereocenters. The highest BCUT2D eigenvalue weighted by Crippen LogP contribution is 2.26. The van der Waals surface area contributed by atoms with Crippen molar-refractivity contribution in [2.75, 3.05) is 20.1 Å². The lowest BCUT2D eigenvalue weighted by atomic mass is 10.1. The van der Waals surface area contributed by atoms with Gasteiger partial charge in [0.05, 0.1) is 19.1 Å². The molecule has 0 aliphatic heterocycles. The molecule has 3 rings (SSSR count). The van der Waals surface area contributed by atoms with Crippen LogP contribution < -0.4 is 10.6 Å². The fraction of sp³-hybridized carbons (Fsp3) is 0.368. The summed E-state index contributed by atoms with van der Waals surface area (Å²) in [6, 6.07) is 9.94. The van der Waals surface area contributed by atoms with E-state index in [4.69, 9.17) is 0 Å². The molecule has 2 aromatic rings. The van der Waals surface area contributed by atoms with Gasteiger partial charge in [-0.15, -0.1) is 11.3 Å². The van der Waals surface area contributed by atoms with Gasteiger partial charge in [0.15, 0.2) is 0 Å². The van der Waals surface area contributed by atoms with E-state index < -0.39 is 0 Å². The molecule has 0 saturated heterocycles. The second-order valence-corrected chi connectivity index (χ2v) is 7.56. The number of nitrogens with zero attached hydrogens (tertiary/aromatic N) is 1. The number of benzene rings is 1. The van der Waals surface area contributed by atoms with Crippen LogP contribution in [0.15, 0.2) is 41.8 Å². The predicted octanol–water partition coefficient (Wildman–Crippen LogP) is 2.30. The van der Waals surface area contributed by atoms with Crippen LogP contribution >= 0.6 is 11.3 Å². The average Bonchev–Trinajstić information content (AvgIpc) is 3.23. The van der Waals surface area contributed by atoms with E-state index in [1.807, 2.05) is 17.5 Å². The lowest BCUT2D eigenvalue weighted by Crippen LogP contribution is -2.42. The molecule has 7 heteroatoms. The monoisotopic (exact) mass is 375 g/mol. The first-order valence-electron chi connectivity index (χ1n) is 8.57. The summed E-state index contributed by atoms with van der Waals surface area (Å²) in [4.78, 5) is 26.9. The van der Waals surface area contributed by atoms with E-state index in [1.54, 1.807) is 24.1 Å². The Balaban J connectivity index is 1.59. The van der Waals surface area contributed by atoms with Crippen LogP contribution in [0, 0.1) is 5.82 Å². The molecular formula is C19H22FN3O2S. The molecule has 1 saturated carbocycles. The molecule has 2 amide bonds. The summed E-state index contributed by atoms with van der Waals surface area (Å²) in [5.74, 6) is -0.558. The van der Waals surface area contributed by atoms with Gasteiger partial charge in [-0.25, -0.2) is 4.39 Å². The lowest BCUT2D eigenvalue weighted by Gasteiger charge is -2.21. The Kier molecular flexibility index (Phi) is 6.00. The maximum Gasteiger partial charge on any atom is 0.234 e. The Morgan fingerprint density at radius 2 is 1.88 bits per heavy atom. The van der Waals surface area contributed by atoms with Crippen molar-refractivity contribution in [2.45, 2.75) is 24.9 Å². The number of likely N-dealkylation sites (N-methyl/N-ethyl adjacent to an activating group) is 1. The first-order chi connectivity index (χ1) is 12.5. The summed E-state index contributed by atoms with van der Waals surface area (Å²) < 4.78 is 13.2. The Hall–Kier alpha value is -2.25. The van der Waals surface area contributed by atoms with Gasteiger partial charge in [-0.3, -0.25) is 14.5 Å². The van der Waals surface area contributed by atoms with E-state index in [0.717, 1.165) is 23.3 Å². The van der Waals surface area contributed by atoms with Gasteiger partial charge in [-0.2, -0.15) is 0 Å². The molecule has 138 valence electrons. The highest BCUT2D eigenvalue weighted by Gasteiger charge is 2.24. The van der Waals surface area contributed by atoms with Crippen LogP contribution in [-0.4, -0.2) is 42.9 Å². The van der Waals surface area contributed by atoms with Crippen LogP contribution in [0.2, 0.25) is 0 Å². The molecule has 1 unspecified atom stereocenters. The number of nitrogens with one attached hydrogen (secondary N) is 2. The third-order valence-corrected chi connectivity index (χ3v) is 5.04. The Morgan fingerprint density at radius 1 is 1.19 bits per heavy atom. The third-order valence-electron chi connectivity index (χ3n) is 4.11. The first kappa shape index (κ1) is 18.5. The molecule has 1 aliphatic rings. The summed E-state index contributed by atoms with van der Waals surface area (Å²) in [5, 5.41) is 7.83. The number of hydrogen-bond acceptors (Lipinski definition) is 4. The summed E-state index contributed by atoms with van der Waals surface area (Å²) in [7, 11) is 1.74. The number of rotatable bonds is 8. The SMILES string of the molecule is CN(CC(=O)NC1CC1)CC(=O)NC(c1ccc(F)cc1)c1cccs1. The first-order valence-corrected chi connectivity index (χ1v) is 9.45. The Bertz CT molecular complexity index is 745. The molecule has 1 aromatic carbocycles. The van der Waals surface area contributed by atoms with Crippen molar-refractivity contribution in [3.63, 3.8) is 0 Å². The summed E-state index contributed by atoms with van der Waals surface area (Å²) in [6.45, 7) is 0.297. The zero-order valence-electron chi connectivity index (χ0n) is 14.6. The second kappa shape index (κ2) is 8.42. The topological polar surface area (TPSA) is 61.4 Å². The van der Waals surface area contributed by atoms with E-state index in [0.29, 0.717) is 6.04 Å².